The Balaban J connectivity index is 1.67. The Morgan fingerprint density at radius 1 is 0.862 bits per heavy atom. The molecule has 4 aromatic carbocycles. The van der Waals surface area contributed by atoms with Gasteiger partial charge in [-0.05, 0) is 58.7 Å². The monoisotopic (exact) mass is 399 g/mol. The first-order valence-electron chi connectivity index (χ1n) is 9.75. The van der Waals surface area contributed by atoms with Crippen LogP contribution in [-0.2, 0) is 13.0 Å². The van der Waals surface area contributed by atoms with E-state index in [2.05, 4.69) is 37.3 Å². The minimum absolute atomic E-state index is 0.449. The number of benzene rings is 4. The van der Waals surface area contributed by atoms with Crippen LogP contribution in [-0.4, -0.2) is 6.21 Å². The zero-order chi connectivity index (χ0) is 20.1. The number of hydrogen-bond donors (Lipinski definition) is 0. The fraction of sp³-hybridized carbons (Fsp3) is 0.115. The Bertz CT molecular complexity index is 1150. The molecule has 0 aliphatic rings. The van der Waals surface area contributed by atoms with E-state index in [-0.39, 0.29) is 0 Å². The first kappa shape index (κ1) is 19.2. The van der Waals surface area contributed by atoms with E-state index in [1.165, 1.54) is 5.56 Å². The van der Waals surface area contributed by atoms with Crippen LogP contribution in [0.15, 0.2) is 89.9 Å². The third-order valence-corrected chi connectivity index (χ3v) is 5.14. The zero-order valence-electron chi connectivity index (χ0n) is 16.3. The molecule has 0 saturated heterocycles. The summed E-state index contributed by atoms with van der Waals surface area (Å²) in [5.41, 5.74) is 4.24. The molecule has 0 bridgehead atoms. The van der Waals surface area contributed by atoms with Gasteiger partial charge in [-0.1, -0.05) is 73.1 Å². The highest BCUT2D eigenvalue weighted by Crippen LogP contribution is 2.28. The number of rotatable bonds is 6. The van der Waals surface area contributed by atoms with Crippen LogP contribution in [0, 0.1) is 0 Å². The predicted octanol–water partition coefficient (Wildman–Crippen LogP) is 7.39. The third-order valence-electron chi connectivity index (χ3n) is 4.90. The maximum absolute atomic E-state index is 6.16. The number of aryl methyl sites for hydroxylation is 1. The molecular weight excluding hydrogens is 378 g/mol. The molecule has 4 rings (SSSR count). The Hall–Kier alpha value is -3.10. The highest BCUT2D eigenvalue weighted by Gasteiger charge is 2.08. The van der Waals surface area contributed by atoms with Crippen LogP contribution in [0.1, 0.15) is 23.6 Å². The first-order chi connectivity index (χ1) is 14.2. The van der Waals surface area contributed by atoms with Crippen molar-refractivity contribution in [3.63, 3.8) is 0 Å². The Morgan fingerprint density at radius 2 is 1.69 bits per heavy atom. The van der Waals surface area contributed by atoms with Crippen molar-refractivity contribution >= 4 is 34.3 Å². The maximum atomic E-state index is 6.16. The van der Waals surface area contributed by atoms with E-state index in [4.69, 9.17) is 21.3 Å². The summed E-state index contributed by atoms with van der Waals surface area (Å²) in [4.78, 5) is 4.71. The number of ether oxygens (including phenoxy) is 1. The molecule has 0 aliphatic carbocycles. The van der Waals surface area contributed by atoms with Crippen molar-refractivity contribution in [1.29, 1.82) is 0 Å². The van der Waals surface area contributed by atoms with Crippen LogP contribution < -0.4 is 4.74 Å². The number of aliphatic imine (C=N–C) groups is 1. The van der Waals surface area contributed by atoms with Crippen molar-refractivity contribution in [3.8, 4) is 5.75 Å². The van der Waals surface area contributed by atoms with Gasteiger partial charge in [0.1, 0.15) is 12.4 Å². The minimum Gasteiger partial charge on any atom is -0.488 e. The van der Waals surface area contributed by atoms with Gasteiger partial charge in [0, 0.05) is 16.8 Å². The van der Waals surface area contributed by atoms with Gasteiger partial charge in [-0.3, -0.25) is 4.99 Å². The van der Waals surface area contributed by atoms with Crippen LogP contribution in [0.2, 0.25) is 5.02 Å². The summed E-state index contributed by atoms with van der Waals surface area (Å²) < 4.78 is 6.16. The largest absolute Gasteiger partial charge is 0.488 e. The van der Waals surface area contributed by atoms with Gasteiger partial charge in [0.15, 0.2) is 0 Å². The van der Waals surface area contributed by atoms with Gasteiger partial charge in [0.05, 0.1) is 5.69 Å². The van der Waals surface area contributed by atoms with Crippen LogP contribution in [0.5, 0.6) is 5.75 Å². The fourth-order valence-corrected chi connectivity index (χ4v) is 3.49. The molecule has 2 nitrogen and oxygen atoms in total. The first-order valence-corrected chi connectivity index (χ1v) is 10.1. The van der Waals surface area contributed by atoms with E-state index in [0.717, 1.165) is 39.8 Å². The van der Waals surface area contributed by atoms with Crippen LogP contribution in [0.3, 0.4) is 0 Å². The predicted molar refractivity (Wildman–Crippen MR) is 123 cm³/mol. The lowest BCUT2D eigenvalue weighted by Gasteiger charge is -2.12. The molecule has 0 amide bonds. The molecule has 3 heteroatoms. The van der Waals surface area contributed by atoms with Crippen molar-refractivity contribution in [2.75, 3.05) is 0 Å². The quantitative estimate of drug-likeness (QED) is 0.310. The summed E-state index contributed by atoms with van der Waals surface area (Å²) in [7, 11) is 0. The molecule has 0 unspecified atom stereocenters. The summed E-state index contributed by atoms with van der Waals surface area (Å²) in [6.07, 6.45) is 2.92. The van der Waals surface area contributed by atoms with Crippen molar-refractivity contribution in [3.05, 3.63) is 107 Å². The van der Waals surface area contributed by atoms with Crippen LogP contribution >= 0.6 is 11.6 Å². The second-order valence-corrected chi connectivity index (χ2v) is 7.33. The molecule has 0 aromatic heterocycles. The molecule has 0 radical (unpaired) electrons. The molecule has 0 saturated carbocycles. The zero-order valence-corrected chi connectivity index (χ0v) is 17.1. The molecule has 0 fully saturated rings. The summed E-state index contributed by atoms with van der Waals surface area (Å²) in [6.45, 7) is 2.60. The van der Waals surface area contributed by atoms with Gasteiger partial charge in [-0.2, -0.15) is 0 Å². The lowest BCUT2D eigenvalue weighted by Crippen LogP contribution is -1.99. The van der Waals surface area contributed by atoms with Crippen molar-refractivity contribution in [2.45, 2.75) is 20.0 Å². The molecule has 29 heavy (non-hydrogen) atoms. The molecule has 0 spiro atoms. The average molecular weight is 400 g/mol. The highest BCUT2D eigenvalue weighted by atomic mass is 35.5. The summed E-state index contributed by atoms with van der Waals surface area (Å²) in [5, 5.41) is 2.98. The molecular formula is C26H22ClNO. The average Bonchev–Trinajstić information content (AvgIpc) is 2.77. The maximum Gasteiger partial charge on any atom is 0.129 e. The summed E-state index contributed by atoms with van der Waals surface area (Å²) in [6, 6.07) is 28.4. The van der Waals surface area contributed by atoms with Crippen molar-refractivity contribution in [1.82, 2.24) is 0 Å². The number of halogens is 1. The van der Waals surface area contributed by atoms with Crippen molar-refractivity contribution in [2.24, 2.45) is 4.99 Å². The van der Waals surface area contributed by atoms with E-state index < -0.39 is 0 Å². The third kappa shape index (κ3) is 4.67. The van der Waals surface area contributed by atoms with Gasteiger partial charge in [-0.25, -0.2) is 0 Å². The minimum atomic E-state index is 0.449. The second-order valence-electron chi connectivity index (χ2n) is 6.90. The van der Waals surface area contributed by atoms with E-state index in [1.54, 1.807) is 0 Å². The molecule has 144 valence electrons. The molecule has 4 aromatic rings. The number of nitrogens with zero attached hydrogens (tertiary/aromatic N) is 1. The Labute approximate surface area is 176 Å². The normalized spacial score (nSPS) is 11.2. The summed E-state index contributed by atoms with van der Waals surface area (Å²) >= 11 is 6.10. The molecule has 0 heterocycles. The van der Waals surface area contributed by atoms with Gasteiger partial charge < -0.3 is 4.74 Å². The Morgan fingerprint density at radius 3 is 2.48 bits per heavy atom. The van der Waals surface area contributed by atoms with Crippen LogP contribution in [0.4, 0.5) is 5.69 Å². The lowest BCUT2D eigenvalue weighted by atomic mass is 10.0. The topological polar surface area (TPSA) is 21.6 Å². The van der Waals surface area contributed by atoms with E-state index in [1.807, 2.05) is 60.8 Å². The fourth-order valence-electron chi connectivity index (χ4n) is 3.28. The van der Waals surface area contributed by atoms with E-state index >= 15 is 0 Å². The van der Waals surface area contributed by atoms with Crippen LogP contribution in [0.25, 0.3) is 10.8 Å². The van der Waals surface area contributed by atoms with E-state index in [0.29, 0.717) is 11.6 Å². The molecule has 0 aliphatic heterocycles. The summed E-state index contributed by atoms with van der Waals surface area (Å²) in [5.74, 6) is 0.803. The number of fused-ring (bicyclic) bond motifs is 1. The van der Waals surface area contributed by atoms with Crippen molar-refractivity contribution < 1.29 is 4.74 Å². The van der Waals surface area contributed by atoms with Gasteiger partial charge in [0.25, 0.3) is 0 Å². The second kappa shape index (κ2) is 8.93. The Kier molecular flexibility index (Phi) is 5.92. The molecule has 0 N–H and O–H groups in total. The van der Waals surface area contributed by atoms with Gasteiger partial charge in [0.2, 0.25) is 0 Å². The van der Waals surface area contributed by atoms with Gasteiger partial charge in [-0.15, -0.1) is 0 Å². The molecule has 0 atom stereocenters. The number of hydrogen-bond acceptors (Lipinski definition) is 2. The highest BCUT2D eigenvalue weighted by molar-refractivity contribution is 6.30. The standard InChI is InChI=1S/C26H22ClNO/c1-2-19-10-13-23(14-11-19)28-17-25-24-9-4-3-7-21(24)12-15-26(25)29-18-20-6-5-8-22(27)16-20/h3-17H,2,18H2,1H3. The van der Waals surface area contributed by atoms with Gasteiger partial charge >= 0.3 is 0 Å². The SMILES string of the molecule is CCc1ccc(N=Cc2c(OCc3cccc(Cl)c3)ccc3ccccc23)cc1. The smallest absolute Gasteiger partial charge is 0.129 e. The lowest BCUT2D eigenvalue weighted by molar-refractivity contribution is 0.306. The van der Waals surface area contributed by atoms with E-state index in [9.17, 15) is 0 Å².